The summed E-state index contributed by atoms with van der Waals surface area (Å²) in [5, 5.41) is 5.87. The van der Waals surface area contributed by atoms with E-state index in [1.165, 1.54) is 24.1 Å². The monoisotopic (exact) mass is 297 g/mol. The van der Waals surface area contributed by atoms with Gasteiger partial charge in [0.25, 0.3) is 0 Å². The minimum atomic E-state index is 0.467. The lowest BCUT2D eigenvalue weighted by molar-refractivity contribution is 0.475. The summed E-state index contributed by atoms with van der Waals surface area (Å²) in [5.41, 5.74) is 3.83. The number of rotatable bonds is 5. The van der Waals surface area contributed by atoms with Crippen molar-refractivity contribution >= 4 is 16.3 Å². The van der Waals surface area contributed by atoms with E-state index >= 15 is 0 Å². The summed E-state index contributed by atoms with van der Waals surface area (Å²) >= 11 is 1.70. The predicted molar refractivity (Wildman–Crippen MR) is 86.6 cm³/mol. The number of aryl methyl sites for hydroxylation is 1. The lowest BCUT2D eigenvalue weighted by Crippen LogP contribution is -2.23. The third kappa shape index (κ3) is 2.49. The number of imidazole rings is 1. The molecule has 0 saturated heterocycles. The molecule has 3 nitrogen and oxygen atoms in total. The molecule has 3 aromatic rings. The van der Waals surface area contributed by atoms with Gasteiger partial charge in [-0.2, -0.15) is 0 Å². The molecule has 108 valence electrons. The van der Waals surface area contributed by atoms with Crippen LogP contribution in [0.5, 0.6) is 0 Å². The molecule has 1 aromatic carbocycles. The van der Waals surface area contributed by atoms with Crippen molar-refractivity contribution < 1.29 is 0 Å². The highest BCUT2D eigenvalue weighted by Gasteiger charge is 2.32. The fraction of sp³-hybridized carbons (Fsp3) is 0.353. The second kappa shape index (κ2) is 5.28. The fourth-order valence-corrected chi connectivity index (χ4v) is 3.79. The average molecular weight is 297 g/mol. The van der Waals surface area contributed by atoms with E-state index in [9.17, 15) is 0 Å². The maximum atomic E-state index is 4.63. The van der Waals surface area contributed by atoms with Crippen LogP contribution in [0.1, 0.15) is 35.8 Å². The first kappa shape index (κ1) is 13.0. The van der Waals surface area contributed by atoms with Gasteiger partial charge in [0.1, 0.15) is 0 Å². The van der Waals surface area contributed by atoms with Crippen molar-refractivity contribution in [2.24, 2.45) is 5.92 Å². The Hall–Kier alpha value is -1.65. The zero-order valence-electron chi connectivity index (χ0n) is 12.1. The van der Waals surface area contributed by atoms with Crippen LogP contribution >= 0.6 is 11.3 Å². The number of fused-ring (bicyclic) bond motifs is 1. The maximum absolute atomic E-state index is 4.63. The Kier molecular flexibility index (Phi) is 3.28. The first-order chi connectivity index (χ1) is 10.3. The van der Waals surface area contributed by atoms with E-state index in [1.807, 2.05) is 0 Å². The zero-order chi connectivity index (χ0) is 14.2. The molecule has 1 atom stereocenters. The van der Waals surface area contributed by atoms with Gasteiger partial charge < -0.3 is 5.32 Å². The lowest BCUT2D eigenvalue weighted by Gasteiger charge is -2.19. The van der Waals surface area contributed by atoms with Crippen LogP contribution in [0.15, 0.2) is 41.9 Å². The van der Waals surface area contributed by atoms with Crippen LogP contribution in [-0.2, 0) is 6.54 Å². The molecule has 0 spiro atoms. The van der Waals surface area contributed by atoms with Gasteiger partial charge in [0.15, 0.2) is 4.96 Å². The molecule has 2 aromatic heterocycles. The molecule has 0 bridgehead atoms. The Morgan fingerprint density at radius 2 is 2.14 bits per heavy atom. The zero-order valence-corrected chi connectivity index (χ0v) is 12.9. The molecule has 1 aliphatic carbocycles. The highest BCUT2D eigenvalue weighted by atomic mass is 32.1. The van der Waals surface area contributed by atoms with Gasteiger partial charge in [0, 0.05) is 24.2 Å². The second-order valence-corrected chi connectivity index (χ2v) is 6.68. The molecule has 1 N–H and O–H groups in total. The van der Waals surface area contributed by atoms with Crippen LogP contribution in [0.4, 0.5) is 0 Å². The van der Waals surface area contributed by atoms with Crippen molar-refractivity contribution in [1.29, 1.82) is 0 Å². The third-order valence-electron chi connectivity index (χ3n) is 4.30. The normalized spacial score (nSPS) is 16.4. The molecule has 0 aliphatic heterocycles. The van der Waals surface area contributed by atoms with Gasteiger partial charge in [-0.25, -0.2) is 4.98 Å². The third-order valence-corrected chi connectivity index (χ3v) is 5.06. The van der Waals surface area contributed by atoms with Gasteiger partial charge in [-0.3, -0.25) is 4.40 Å². The Morgan fingerprint density at radius 3 is 2.90 bits per heavy atom. The standard InChI is InChI=1S/C17H19N3S/c1-12-15(20-9-10-21-17(20)19-12)11-18-16(14-7-8-14)13-5-3-2-4-6-13/h2-6,9-10,14,16,18H,7-8,11H2,1H3. The van der Waals surface area contributed by atoms with Crippen LogP contribution in [0.25, 0.3) is 4.96 Å². The van der Waals surface area contributed by atoms with E-state index in [0.29, 0.717) is 6.04 Å². The van der Waals surface area contributed by atoms with Crippen molar-refractivity contribution in [2.45, 2.75) is 32.4 Å². The van der Waals surface area contributed by atoms with E-state index in [0.717, 1.165) is 23.1 Å². The van der Waals surface area contributed by atoms with Crippen LogP contribution in [0, 0.1) is 12.8 Å². The van der Waals surface area contributed by atoms with Crippen LogP contribution < -0.4 is 5.32 Å². The van der Waals surface area contributed by atoms with Crippen molar-refractivity contribution in [1.82, 2.24) is 14.7 Å². The number of benzene rings is 1. The summed E-state index contributed by atoms with van der Waals surface area (Å²) in [6, 6.07) is 11.3. The van der Waals surface area contributed by atoms with Crippen molar-refractivity contribution in [3.8, 4) is 0 Å². The van der Waals surface area contributed by atoms with Gasteiger partial charge in [0.2, 0.25) is 0 Å². The van der Waals surface area contributed by atoms with Gasteiger partial charge in [-0.15, -0.1) is 11.3 Å². The molecule has 1 saturated carbocycles. The lowest BCUT2D eigenvalue weighted by atomic mass is 10.0. The van der Waals surface area contributed by atoms with Gasteiger partial charge in [-0.1, -0.05) is 30.3 Å². The predicted octanol–water partition coefficient (Wildman–Crippen LogP) is 3.95. The summed E-state index contributed by atoms with van der Waals surface area (Å²) in [6.07, 6.45) is 4.79. The molecule has 0 amide bonds. The van der Waals surface area contributed by atoms with Gasteiger partial charge in [-0.05, 0) is 31.2 Å². The van der Waals surface area contributed by atoms with Gasteiger partial charge in [0.05, 0.1) is 11.4 Å². The molecule has 21 heavy (non-hydrogen) atoms. The molecule has 1 unspecified atom stereocenters. The van der Waals surface area contributed by atoms with Crippen molar-refractivity contribution in [3.05, 3.63) is 58.9 Å². The number of hydrogen-bond donors (Lipinski definition) is 1. The van der Waals surface area contributed by atoms with Crippen LogP contribution in [0.3, 0.4) is 0 Å². The second-order valence-electron chi connectivity index (χ2n) is 5.81. The number of aromatic nitrogens is 2. The Labute approximate surface area is 128 Å². The van der Waals surface area contributed by atoms with Gasteiger partial charge >= 0.3 is 0 Å². The average Bonchev–Trinajstić information content (AvgIpc) is 3.16. The number of nitrogens with zero attached hydrogens (tertiary/aromatic N) is 2. The summed E-state index contributed by atoms with van der Waals surface area (Å²) < 4.78 is 2.21. The molecule has 2 heterocycles. The summed E-state index contributed by atoms with van der Waals surface area (Å²) in [4.78, 5) is 5.72. The van der Waals surface area contributed by atoms with Crippen LogP contribution in [-0.4, -0.2) is 9.38 Å². The fourth-order valence-electron chi connectivity index (χ4n) is 3.01. The van der Waals surface area contributed by atoms with Crippen molar-refractivity contribution in [2.75, 3.05) is 0 Å². The maximum Gasteiger partial charge on any atom is 0.194 e. The molecule has 1 aliphatic rings. The quantitative estimate of drug-likeness (QED) is 0.773. The molecular weight excluding hydrogens is 278 g/mol. The molecular formula is C17H19N3S. The van der Waals surface area contributed by atoms with Crippen LogP contribution in [0.2, 0.25) is 0 Å². The Balaban J connectivity index is 1.57. The molecule has 4 heteroatoms. The number of thiazole rings is 1. The topological polar surface area (TPSA) is 29.3 Å². The van der Waals surface area contributed by atoms with E-state index in [4.69, 9.17) is 0 Å². The smallest absolute Gasteiger partial charge is 0.194 e. The van der Waals surface area contributed by atoms with E-state index < -0.39 is 0 Å². The molecule has 0 radical (unpaired) electrons. The van der Waals surface area contributed by atoms with E-state index in [-0.39, 0.29) is 0 Å². The first-order valence-electron chi connectivity index (χ1n) is 7.52. The summed E-state index contributed by atoms with van der Waals surface area (Å²) in [5.74, 6) is 0.790. The molecule has 4 rings (SSSR count). The molecule has 1 fully saturated rings. The number of hydrogen-bond acceptors (Lipinski definition) is 3. The highest BCUT2D eigenvalue weighted by molar-refractivity contribution is 7.15. The summed E-state index contributed by atoms with van der Waals surface area (Å²) in [6.45, 7) is 2.98. The van der Waals surface area contributed by atoms with E-state index in [2.05, 4.69) is 63.5 Å². The Bertz CT molecular complexity index is 740. The largest absolute Gasteiger partial charge is 0.304 e. The first-order valence-corrected chi connectivity index (χ1v) is 8.40. The van der Waals surface area contributed by atoms with Crippen molar-refractivity contribution in [3.63, 3.8) is 0 Å². The SMILES string of the molecule is Cc1nc2sccn2c1CNC(c1ccccc1)C1CC1. The number of nitrogens with one attached hydrogen (secondary N) is 1. The summed E-state index contributed by atoms with van der Waals surface area (Å²) in [7, 11) is 0. The Morgan fingerprint density at radius 1 is 1.33 bits per heavy atom. The van der Waals surface area contributed by atoms with E-state index in [1.54, 1.807) is 11.3 Å². The minimum absolute atomic E-state index is 0.467. The minimum Gasteiger partial charge on any atom is -0.304 e. The highest BCUT2D eigenvalue weighted by Crippen LogP contribution is 2.41.